The summed E-state index contributed by atoms with van der Waals surface area (Å²) in [4.78, 5) is 0. The predicted octanol–water partition coefficient (Wildman–Crippen LogP) is 6.15. The van der Waals surface area contributed by atoms with Crippen molar-refractivity contribution in [2.24, 2.45) is 5.41 Å². The third-order valence-electron chi connectivity index (χ3n) is 3.80. The Labute approximate surface area is 119 Å². The molecule has 0 heteroatoms. The van der Waals surface area contributed by atoms with E-state index in [1.54, 1.807) is 5.57 Å². The van der Waals surface area contributed by atoms with Crippen LogP contribution in [0.15, 0.2) is 59.3 Å². The number of rotatable bonds is 4. The van der Waals surface area contributed by atoms with Crippen molar-refractivity contribution in [3.05, 3.63) is 59.3 Å². The van der Waals surface area contributed by atoms with Gasteiger partial charge in [0.1, 0.15) is 0 Å². The minimum Gasteiger partial charge on any atom is -0.0961 e. The Balaban J connectivity index is 2.83. The summed E-state index contributed by atoms with van der Waals surface area (Å²) in [6, 6.07) is 0. The van der Waals surface area contributed by atoms with Gasteiger partial charge in [0.05, 0.1) is 0 Å². The Hall–Kier alpha value is -1.30. The van der Waals surface area contributed by atoms with Crippen LogP contribution in [-0.4, -0.2) is 0 Å². The molecule has 0 atom stereocenters. The molecule has 0 nitrogen and oxygen atoms in total. The lowest BCUT2D eigenvalue weighted by molar-refractivity contribution is 0.377. The van der Waals surface area contributed by atoms with Gasteiger partial charge < -0.3 is 0 Å². The van der Waals surface area contributed by atoms with Crippen LogP contribution in [0.5, 0.6) is 0 Å². The van der Waals surface area contributed by atoms with Gasteiger partial charge in [-0.1, -0.05) is 67.5 Å². The van der Waals surface area contributed by atoms with Crippen LogP contribution in [0.4, 0.5) is 0 Å². The summed E-state index contributed by atoms with van der Waals surface area (Å²) in [6.07, 6.45) is 14.7. The minimum absolute atomic E-state index is 0.326. The maximum Gasteiger partial charge on any atom is -0.0104 e. The van der Waals surface area contributed by atoms with Crippen LogP contribution in [0.25, 0.3) is 0 Å². The second-order valence-electron chi connectivity index (χ2n) is 6.38. The predicted molar refractivity (Wildman–Crippen MR) is 87.2 cm³/mol. The van der Waals surface area contributed by atoms with E-state index in [0.29, 0.717) is 5.41 Å². The smallest absolute Gasteiger partial charge is 0.0104 e. The van der Waals surface area contributed by atoms with Gasteiger partial charge in [0, 0.05) is 0 Å². The Kier molecular flexibility index (Phi) is 5.60. The van der Waals surface area contributed by atoms with Gasteiger partial charge in [0.15, 0.2) is 0 Å². The molecule has 0 aromatic carbocycles. The van der Waals surface area contributed by atoms with Gasteiger partial charge in [-0.3, -0.25) is 0 Å². The van der Waals surface area contributed by atoms with Crippen molar-refractivity contribution in [2.45, 2.75) is 53.9 Å². The SMILES string of the molecule is C=C(C)C=CC=C(C)C=CC1=C(C)CCCC1(C)C. The zero-order valence-electron chi connectivity index (χ0n) is 13.2. The number of hydrogen-bond acceptors (Lipinski definition) is 0. The second kappa shape index (κ2) is 6.75. The van der Waals surface area contributed by atoms with Crippen molar-refractivity contribution in [2.75, 3.05) is 0 Å². The maximum absolute atomic E-state index is 3.86. The van der Waals surface area contributed by atoms with E-state index in [1.807, 2.05) is 13.0 Å². The molecule has 0 aliphatic heterocycles. The van der Waals surface area contributed by atoms with Crippen LogP contribution in [0, 0.1) is 5.41 Å². The first-order valence-corrected chi connectivity index (χ1v) is 7.22. The Morgan fingerprint density at radius 2 is 1.89 bits per heavy atom. The van der Waals surface area contributed by atoms with E-state index in [0.717, 1.165) is 5.57 Å². The molecular formula is C19H28. The van der Waals surface area contributed by atoms with Gasteiger partial charge in [-0.05, 0) is 51.0 Å². The highest BCUT2D eigenvalue weighted by atomic mass is 14.3. The first-order valence-electron chi connectivity index (χ1n) is 7.22. The highest BCUT2D eigenvalue weighted by Gasteiger charge is 2.26. The lowest BCUT2D eigenvalue weighted by Gasteiger charge is -2.32. The fourth-order valence-corrected chi connectivity index (χ4v) is 2.64. The van der Waals surface area contributed by atoms with Gasteiger partial charge in [0.25, 0.3) is 0 Å². The van der Waals surface area contributed by atoms with Crippen LogP contribution in [0.3, 0.4) is 0 Å². The molecule has 104 valence electrons. The summed E-state index contributed by atoms with van der Waals surface area (Å²) in [6.45, 7) is 15.0. The van der Waals surface area contributed by atoms with Gasteiger partial charge in [-0.2, -0.15) is 0 Å². The zero-order chi connectivity index (χ0) is 14.5. The van der Waals surface area contributed by atoms with Gasteiger partial charge >= 0.3 is 0 Å². The van der Waals surface area contributed by atoms with Gasteiger partial charge in [0.2, 0.25) is 0 Å². The molecule has 1 aliphatic carbocycles. The summed E-state index contributed by atoms with van der Waals surface area (Å²) in [5.74, 6) is 0. The summed E-state index contributed by atoms with van der Waals surface area (Å²) >= 11 is 0. The van der Waals surface area contributed by atoms with Crippen molar-refractivity contribution in [3.8, 4) is 0 Å². The topological polar surface area (TPSA) is 0 Å². The number of hydrogen-bond donors (Lipinski definition) is 0. The third kappa shape index (κ3) is 5.06. The van der Waals surface area contributed by atoms with E-state index < -0.39 is 0 Å². The molecular weight excluding hydrogens is 228 g/mol. The molecule has 0 saturated heterocycles. The van der Waals surface area contributed by atoms with Crippen LogP contribution in [0.1, 0.15) is 53.9 Å². The van der Waals surface area contributed by atoms with E-state index in [4.69, 9.17) is 0 Å². The molecule has 0 aromatic heterocycles. The molecule has 0 heterocycles. The molecule has 0 bridgehead atoms. The van der Waals surface area contributed by atoms with Crippen molar-refractivity contribution in [3.63, 3.8) is 0 Å². The Morgan fingerprint density at radius 3 is 2.47 bits per heavy atom. The molecule has 0 spiro atoms. The van der Waals surface area contributed by atoms with Crippen LogP contribution in [-0.2, 0) is 0 Å². The fourth-order valence-electron chi connectivity index (χ4n) is 2.64. The molecule has 0 saturated carbocycles. The average molecular weight is 256 g/mol. The average Bonchev–Trinajstić information content (AvgIpc) is 2.26. The second-order valence-corrected chi connectivity index (χ2v) is 6.38. The van der Waals surface area contributed by atoms with Crippen molar-refractivity contribution in [1.82, 2.24) is 0 Å². The maximum atomic E-state index is 3.86. The van der Waals surface area contributed by atoms with Gasteiger partial charge in [-0.15, -0.1) is 0 Å². The third-order valence-corrected chi connectivity index (χ3v) is 3.80. The van der Waals surface area contributed by atoms with Crippen molar-refractivity contribution < 1.29 is 0 Å². The molecule has 19 heavy (non-hydrogen) atoms. The molecule has 1 rings (SSSR count). The molecule has 0 radical (unpaired) electrons. The lowest BCUT2D eigenvalue weighted by Crippen LogP contribution is -2.19. The van der Waals surface area contributed by atoms with Crippen molar-refractivity contribution >= 4 is 0 Å². The number of allylic oxidation sites excluding steroid dienone is 9. The first-order chi connectivity index (χ1) is 8.83. The van der Waals surface area contributed by atoms with Crippen LogP contribution in [0.2, 0.25) is 0 Å². The standard InChI is InChI=1S/C19H28/c1-15(2)9-7-10-16(3)12-13-18-17(4)11-8-14-19(18,5)6/h7,9-10,12-13H,1,8,11,14H2,2-6H3. The van der Waals surface area contributed by atoms with Crippen LogP contribution < -0.4 is 0 Å². The van der Waals surface area contributed by atoms with E-state index in [-0.39, 0.29) is 0 Å². The summed E-state index contributed by atoms with van der Waals surface area (Å²) < 4.78 is 0. The highest BCUT2D eigenvalue weighted by molar-refractivity contribution is 5.36. The van der Waals surface area contributed by atoms with E-state index in [9.17, 15) is 0 Å². The van der Waals surface area contributed by atoms with Crippen LogP contribution >= 0.6 is 0 Å². The normalized spacial score (nSPS) is 20.6. The molecule has 0 fully saturated rings. The molecule has 0 unspecified atom stereocenters. The van der Waals surface area contributed by atoms with Gasteiger partial charge in [-0.25, -0.2) is 0 Å². The Morgan fingerprint density at radius 1 is 1.21 bits per heavy atom. The van der Waals surface area contributed by atoms with E-state index in [1.165, 1.54) is 30.4 Å². The van der Waals surface area contributed by atoms with E-state index in [2.05, 4.69) is 58.6 Å². The van der Waals surface area contributed by atoms with Crippen molar-refractivity contribution in [1.29, 1.82) is 0 Å². The largest absolute Gasteiger partial charge is 0.0961 e. The molecule has 0 N–H and O–H groups in total. The Bertz CT molecular complexity index is 450. The molecule has 0 amide bonds. The summed E-state index contributed by atoms with van der Waals surface area (Å²) in [5, 5.41) is 0. The lowest BCUT2D eigenvalue weighted by atomic mass is 9.72. The summed E-state index contributed by atoms with van der Waals surface area (Å²) in [7, 11) is 0. The summed E-state index contributed by atoms with van der Waals surface area (Å²) in [5.41, 5.74) is 5.76. The highest BCUT2D eigenvalue weighted by Crippen LogP contribution is 2.40. The monoisotopic (exact) mass is 256 g/mol. The first kappa shape index (κ1) is 15.8. The van der Waals surface area contributed by atoms with E-state index >= 15 is 0 Å². The fraction of sp³-hybridized carbons (Fsp3) is 0.474. The zero-order valence-corrected chi connectivity index (χ0v) is 13.2. The quantitative estimate of drug-likeness (QED) is 0.529. The molecule has 1 aliphatic rings. The minimum atomic E-state index is 0.326. The molecule has 0 aromatic rings.